The van der Waals surface area contributed by atoms with Crippen molar-refractivity contribution in [1.29, 1.82) is 0 Å². The number of nitrogens with zero attached hydrogens (tertiary/aromatic N) is 6. The van der Waals surface area contributed by atoms with Gasteiger partial charge in [0, 0.05) is 55.9 Å². The number of rotatable bonds is 4. The first-order chi connectivity index (χ1) is 15.0. The van der Waals surface area contributed by atoms with E-state index >= 15 is 0 Å². The molecule has 9 nitrogen and oxygen atoms in total. The number of anilines is 1. The molecule has 3 heterocycles. The van der Waals surface area contributed by atoms with Crippen LogP contribution in [0.15, 0.2) is 42.6 Å². The molecule has 9 heteroatoms. The maximum absolute atomic E-state index is 11.7. The van der Waals surface area contributed by atoms with Crippen molar-refractivity contribution in [2.45, 2.75) is 0 Å². The van der Waals surface area contributed by atoms with Crippen LogP contribution < -0.4 is 15.4 Å². The Morgan fingerprint density at radius 3 is 2.48 bits per heavy atom. The van der Waals surface area contributed by atoms with Gasteiger partial charge in [-0.25, -0.2) is 4.98 Å². The second kappa shape index (κ2) is 7.51. The largest absolute Gasteiger partial charge is 0.424 e. The first-order valence-electron chi connectivity index (χ1n) is 10.1. The molecule has 0 saturated carbocycles. The topological polar surface area (TPSA) is 102 Å². The van der Waals surface area contributed by atoms with Gasteiger partial charge in [0.1, 0.15) is 11.3 Å². The van der Waals surface area contributed by atoms with Gasteiger partial charge in [-0.3, -0.25) is 9.48 Å². The normalized spacial score (nSPS) is 15.0. The molecule has 158 valence electrons. The third kappa shape index (κ3) is 3.53. The second-order valence-corrected chi connectivity index (χ2v) is 7.77. The second-order valence-electron chi connectivity index (χ2n) is 7.77. The quantitative estimate of drug-likeness (QED) is 0.543. The fourth-order valence-corrected chi connectivity index (χ4v) is 3.96. The van der Waals surface area contributed by atoms with Crippen molar-refractivity contribution in [1.82, 2.24) is 24.6 Å². The smallest absolute Gasteiger partial charge is 0.322 e. The van der Waals surface area contributed by atoms with Gasteiger partial charge >= 0.3 is 6.01 Å². The number of carbonyl (C=O) groups is 1. The average molecular weight is 417 g/mol. The van der Waals surface area contributed by atoms with Crippen molar-refractivity contribution in [3.05, 3.63) is 48.3 Å². The van der Waals surface area contributed by atoms with E-state index in [0.29, 0.717) is 22.2 Å². The Morgan fingerprint density at radius 1 is 1.03 bits per heavy atom. The Kier molecular flexibility index (Phi) is 4.67. The molecule has 1 saturated heterocycles. The minimum Gasteiger partial charge on any atom is -0.424 e. The summed E-state index contributed by atoms with van der Waals surface area (Å²) in [6.45, 7) is 4.14. The van der Waals surface area contributed by atoms with E-state index in [1.54, 1.807) is 17.9 Å². The monoisotopic (exact) mass is 417 g/mol. The molecule has 0 radical (unpaired) electrons. The van der Waals surface area contributed by atoms with Crippen LogP contribution in [-0.2, 0) is 7.05 Å². The fraction of sp³-hybridized carbons (Fsp3) is 0.273. The summed E-state index contributed by atoms with van der Waals surface area (Å²) in [5.41, 5.74) is 8.23. The number of primary amides is 1. The van der Waals surface area contributed by atoms with Crippen molar-refractivity contribution in [3.63, 3.8) is 0 Å². The molecular formula is C22H23N7O2. The predicted molar refractivity (Wildman–Crippen MR) is 119 cm³/mol. The van der Waals surface area contributed by atoms with E-state index in [-0.39, 0.29) is 11.7 Å². The molecule has 0 atom stereocenters. The number of benzene rings is 2. The summed E-state index contributed by atoms with van der Waals surface area (Å²) >= 11 is 0. The van der Waals surface area contributed by atoms with Crippen LogP contribution in [0.3, 0.4) is 0 Å². The van der Waals surface area contributed by atoms with Gasteiger partial charge < -0.3 is 20.3 Å². The predicted octanol–water partition coefficient (Wildman–Crippen LogP) is 2.16. The third-order valence-corrected chi connectivity index (χ3v) is 5.68. The van der Waals surface area contributed by atoms with E-state index in [1.165, 1.54) is 5.69 Å². The van der Waals surface area contributed by atoms with Crippen LogP contribution in [0.4, 0.5) is 5.69 Å². The van der Waals surface area contributed by atoms with Gasteiger partial charge in [0.2, 0.25) is 0 Å². The number of nitrogens with two attached hydrogens (primary N) is 1. The molecule has 4 aromatic rings. The summed E-state index contributed by atoms with van der Waals surface area (Å²) in [7, 11) is 3.90. The van der Waals surface area contributed by atoms with E-state index in [0.717, 1.165) is 31.6 Å². The van der Waals surface area contributed by atoms with Crippen LogP contribution in [0.5, 0.6) is 11.8 Å². The number of fused-ring (bicyclic) bond motifs is 3. The van der Waals surface area contributed by atoms with E-state index < -0.39 is 5.91 Å². The van der Waals surface area contributed by atoms with Gasteiger partial charge in [-0.1, -0.05) is 6.07 Å². The number of ether oxygens (including phenoxy) is 1. The molecule has 1 fully saturated rings. The van der Waals surface area contributed by atoms with Crippen molar-refractivity contribution in [2.75, 3.05) is 38.1 Å². The number of aromatic nitrogens is 4. The maximum Gasteiger partial charge on any atom is 0.322 e. The van der Waals surface area contributed by atoms with E-state index in [2.05, 4.69) is 44.0 Å². The Labute approximate surface area is 179 Å². The van der Waals surface area contributed by atoms with E-state index in [4.69, 9.17) is 10.5 Å². The Morgan fingerprint density at radius 2 is 1.77 bits per heavy atom. The third-order valence-electron chi connectivity index (χ3n) is 5.68. The summed E-state index contributed by atoms with van der Waals surface area (Å²) in [5.74, 6) is 0.0863. The van der Waals surface area contributed by atoms with Crippen LogP contribution in [-0.4, -0.2) is 63.8 Å². The van der Waals surface area contributed by atoms with E-state index in [9.17, 15) is 4.79 Å². The zero-order valence-corrected chi connectivity index (χ0v) is 17.4. The molecule has 2 aromatic heterocycles. The first kappa shape index (κ1) is 19.3. The Hall–Kier alpha value is -3.72. The molecule has 0 bridgehead atoms. The van der Waals surface area contributed by atoms with Gasteiger partial charge in [0.25, 0.3) is 5.91 Å². The van der Waals surface area contributed by atoms with Crippen molar-refractivity contribution >= 4 is 33.4 Å². The number of hydrogen-bond acceptors (Lipinski definition) is 7. The highest BCUT2D eigenvalue weighted by atomic mass is 16.5. The lowest BCUT2D eigenvalue weighted by molar-refractivity contribution is 0.0996. The molecule has 5 rings (SSSR count). The molecule has 1 aliphatic rings. The minimum absolute atomic E-state index is 0.222. The number of aryl methyl sites for hydroxylation is 1. The summed E-state index contributed by atoms with van der Waals surface area (Å²) in [4.78, 5) is 25.3. The molecule has 2 aromatic carbocycles. The molecule has 31 heavy (non-hydrogen) atoms. The highest BCUT2D eigenvalue weighted by Crippen LogP contribution is 2.28. The lowest BCUT2D eigenvalue weighted by atomic mass is 10.1. The van der Waals surface area contributed by atoms with Crippen molar-refractivity contribution in [2.24, 2.45) is 12.8 Å². The zero-order valence-electron chi connectivity index (χ0n) is 17.4. The number of carbonyl (C=O) groups excluding carboxylic acids is 1. The van der Waals surface area contributed by atoms with Crippen molar-refractivity contribution in [3.8, 4) is 11.8 Å². The Balaban J connectivity index is 1.44. The summed E-state index contributed by atoms with van der Waals surface area (Å²) in [6, 6.07) is 11.9. The van der Waals surface area contributed by atoms with E-state index in [1.807, 2.05) is 24.3 Å². The number of hydrogen-bond donors (Lipinski definition) is 1. The van der Waals surface area contributed by atoms with Crippen LogP contribution >= 0.6 is 0 Å². The lowest BCUT2D eigenvalue weighted by Crippen LogP contribution is -2.44. The molecule has 0 aliphatic carbocycles. The van der Waals surface area contributed by atoms with Gasteiger partial charge in [0.15, 0.2) is 5.69 Å². The molecule has 2 N–H and O–H groups in total. The maximum atomic E-state index is 11.7. The highest BCUT2D eigenvalue weighted by Gasteiger charge is 2.18. The summed E-state index contributed by atoms with van der Waals surface area (Å²) in [6.07, 6.45) is 1.70. The van der Waals surface area contributed by atoms with Gasteiger partial charge in [-0.05, 0) is 37.4 Å². The number of piperazine rings is 1. The van der Waals surface area contributed by atoms with Gasteiger partial charge in [0.05, 0.1) is 5.52 Å². The molecule has 0 unspecified atom stereocenters. The Bertz CT molecular complexity index is 1270. The zero-order chi connectivity index (χ0) is 21.5. The lowest BCUT2D eigenvalue weighted by Gasteiger charge is -2.34. The molecule has 0 spiro atoms. The first-order valence-corrected chi connectivity index (χ1v) is 10.1. The molecule has 1 aliphatic heterocycles. The average Bonchev–Trinajstić information content (AvgIpc) is 3.12. The van der Waals surface area contributed by atoms with Gasteiger partial charge in [-0.15, -0.1) is 0 Å². The minimum atomic E-state index is -0.573. The molecular weight excluding hydrogens is 394 g/mol. The van der Waals surface area contributed by atoms with Crippen LogP contribution in [0, 0.1) is 0 Å². The number of likely N-dealkylation sites (N-methyl/N-ethyl adjacent to an activating group) is 1. The highest BCUT2D eigenvalue weighted by molar-refractivity contribution is 6.11. The fourth-order valence-electron chi connectivity index (χ4n) is 3.96. The van der Waals surface area contributed by atoms with Gasteiger partial charge in [-0.2, -0.15) is 10.1 Å². The number of amides is 1. The molecule has 1 amide bonds. The van der Waals surface area contributed by atoms with Crippen LogP contribution in [0.1, 0.15) is 10.5 Å². The van der Waals surface area contributed by atoms with Crippen LogP contribution in [0.25, 0.3) is 21.8 Å². The standard InChI is InChI=1S/C22H23N7O2/c1-27-9-11-29(12-10-27)15-4-6-16(7-5-15)31-22-24-13-14-3-8-17-19(21(23)30)26-28(2)20(17)18(14)25-22/h3-8,13H,9-12H2,1-2H3,(H2,23,30). The van der Waals surface area contributed by atoms with Crippen LogP contribution in [0.2, 0.25) is 0 Å². The SMILES string of the molecule is CN1CCN(c2ccc(Oc3ncc4ccc5c(C(N)=O)nn(C)c5c4n3)cc2)CC1. The summed E-state index contributed by atoms with van der Waals surface area (Å²) < 4.78 is 7.53. The summed E-state index contributed by atoms with van der Waals surface area (Å²) in [5, 5.41) is 5.72. The van der Waals surface area contributed by atoms with Crippen molar-refractivity contribution < 1.29 is 9.53 Å².